The van der Waals surface area contributed by atoms with Gasteiger partial charge in [0.25, 0.3) is 0 Å². The summed E-state index contributed by atoms with van der Waals surface area (Å²) in [6.45, 7) is 4.27. The third-order valence-corrected chi connectivity index (χ3v) is 3.06. The molecule has 0 aliphatic carbocycles. The van der Waals surface area contributed by atoms with Crippen LogP contribution >= 0.6 is 23.4 Å². The van der Waals surface area contributed by atoms with Gasteiger partial charge in [-0.1, -0.05) is 30.7 Å². The summed E-state index contributed by atoms with van der Waals surface area (Å²) in [6.07, 6.45) is 0. The molecule has 0 amide bonds. The van der Waals surface area contributed by atoms with Crippen LogP contribution in [-0.4, -0.2) is 5.75 Å². The van der Waals surface area contributed by atoms with E-state index in [2.05, 4.69) is 19.9 Å². The molecule has 0 aromatic heterocycles. The fraction of sp³-hybridized carbons (Fsp3) is 0.400. The monoisotopic (exact) mass is 200 g/mol. The van der Waals surface area contributed by atoms with E-state index in [1.54, 1.807) is 0 Å². The van der Waals surface area contributed by atoms with Gasteiger partial charge in [0.05, 0.1) is 0 Å². The fourth-order valence-corrected chi connectivity index (χ4v) is 2.21. The topological polar surface area (TPSA) is 0 Å². The third-order valence-electron chi connectivity index (χ3n) is 1.80. The molecule has 1 aromatic carbocycles. The summed E-state index contributed by atoms with van der Waals surface area (Å²) < 4.78 is 0. The van der Waals surface area contributed by atoms with Crippen LogP contribution in [0.25, 0.3) is 0 Å². The highest BCUT2D eigenvalue weighted by Gasteiger charge is 2.01. The zero-order chi connectivity index (χ0) is 8.97. The molecule has 12 heavy (non-hydrogen) atoms. The van der Waals surface area contributed by atoms with Crippen molar-refractivity contribution in [2.75, 3.05) is 5.75 Å². The number of halogens is 1. The highest BCUT2D eigenvalue weighted by Crippen LogP contribution is 2.23. The number of thioether (sulfide) groups is 1. The molecule has 0 N–H and O–H groups in total. The van der Waals surface area contributed by atoms with E-state index >= 15 is 0 Å². The molecule has 0 heterocycles. The number of aryl methyl sites for hydroxylation is 1. The quantitative estimate of drug-likeness (QED) is 0.713. The van der Waals surface area contributed by atoms with Gasteiger partial charge in [-0.3, -0.25) is 0 Å². The first kappa shape index (κ1) is 9.94. The van der Waals surface area contributed by atoms with Gasteiger partial charge < -0.3 is 0 Å². The van der Waals surface area contributed by atoms with Crippen LogP contribution in [0, 0.1) is 6.92 Å². The number of rotatable bonds is 3. The minimum atomic E-state index is 0.899. The average molecular weight is 201 g/mol. The molecule has 1 aromatic rings. The Hall–Kier alpha value is -0.140. The Morgan fingerprint density at radius 3 is 2.75 bits per heavy atom. The molecular formula is C10H13ClS. The summed E-state index contributed by atoms with van der Waals surface area (Å²) >= 11 is 7.96. The zero-order valence-electron chi connectivity index (χ0n) is 7.43. The minimum absolute atomic E-state index is 0.899. The Labute approximate surface area is 83.3 Å². The maximum absolute atomic E-state index is 6.05. The van der Waals surface area contributed by atoms with Crippen molar-refractivity contribution in [2.24, 2.45) is 0 Å². The van der Waals surface area contributed by atoms with Crippen molar-refractivity contribution < 1.29 is 0 Å². The van der Waals surface area contributed by atoms with Gasteiger partial charge in [-0.15, -0.1) is 0 Å². The lowest BCUT2D eigenvalue weighted by Gasteiger charge is -2.06. The van der Waals surface area contributed by atoms with Gasteiger partial charge in [0.15, 0.2) is 0 Å². The Bertz CT molecular complexity index is 238. The van der Waals surface area contributed by atoms with Crippen molar-refractivity contribution >= 4 is 23.4 Å². The van der Waals surface area contributed by atoms with Crippen LogP contribution in [0.3, 0.4) is 0 Å². The van der Waals surface area contributed by atoms with Crippen LogP contribution in [-0.2, 0) is 5.75 Å². The first-order valence-corrected chi connectivity index (χ1v) is 5.60. The summed E-state index contributed by atoms with van der Waals surface area (Å²) in [5.41, 5.74) is 2.58. The van der Waals surface area contributed by atoms with E-state index in [0.717, 1.165) is 16.5 Å². The number of hydrogen-bond acceptors (Lipinski definition) is 1. The van der Waals surface area contributed by atoms with Crippen molar-refractivity contribution in [1.82, 2.24) is 0 Å². The van der Waals surface area contributed by atoms with Crippen LogP contribution in [0.5, 0.6) is 0 Å². The van der Waals surface area contributed by atoms with E-state index in [0.29, 0.717) is 0 Å². The van der Waals surface area contributed by atoms with E-state index in [9.17, 15) is 0 Å². The molecule has 0 saturated carbocycles. The predicted octanol–water partition coefficient (Wildman–Crippen LogP) is 3.90. The van der Waals surface area contributed by atoms with Crippen molar-refractivity contribution in [3.8, 4) is 0 Å². The molecule has 1 rings (SSSR count). The zero-order valence-corrected chi connectivity index (χ0v) is 9.00. The van der Waals surface area contributed by atoms with Crippen LogP contribution in [0.15, 0.2) is 18.2 Å². The fourth-order valence-electron chi connectivity index (χ4n) is 1.05. The maximum Gasteiger partial charge on any atom is 0.0449 e. The smallest absolute Gasteiger partial charge is 0.0449 e. The Kier molecular flexibility index (Phi) is 3.96. The van der Waals surface area contributed by atoms with Gasteiger partial charge in [-0.2, -0.15) is 11.8 Å². The summed E-state index contributed by atoms with van der Waals surface area (Å²) in [6, 6.07) is 6.06. The highest BCUT2D eigenvalue weighted by atomic mass is 35.5. The van der Waals surface area contributed by atoms with Gasteiger partial charge in [0, 0.05) is 10.8 Å². The first-order chi connectivity index (χ1) is 5.75. The molecule has 2 heteroatoms. The first-order valence-electron chi connectivity index (χ1n) is 4.07. The summed E-state index contributed by atoms with van der Waals surface area (Å²) in [5, 5.41) is 0.899. The highest BCUT2D eigenvalue weighted by molar-refractivity contribution is 7.98. The van der Waals surface area contributed by atoms with E-state index in [-0.39, 0.29) is 0 Å². The Morgan fingerprint density at radius 2 is 2.17 bits per heavy atom. The van der Waals surface area contributed by atoms with Gasteiger partial charge >= 0.3 is 0 Å². The second-order valence-corrected chi connectivity index (χ2v) is 4.35. The SMILES string of the molecule is CCSCc1c(C)cccc1Cl. The van der Waals surface area contributed by atoms with Crippen molar-refractivity contribution in [1.29, 1.82) is 0 Å². The molecule has 66 valence electrons. The lowest BCUT2D eigenvalue weighted by atomic mass is 10.1. The molecule has 0 unspecified atom stereocenters. The Morgan fingerprint density at radius 1 is 1.42 bits per heavy atom. The van der Waals surface area contributed by atoms with Crippen LogP contribution in [0.1, 0.15) is 18.1 Å². The van der Waals surface area contributed by atoms with Crippen LogP contribution in [0.4, 0.5) is 0 Å². The molecular weight excluding hydrogens is 188 g/mol. The molecule has 0 saturated heterocycles. The van der Waals surface area contributed by atoms with Crippen molar-refractivity contribution in [3.05, 3.63) is 34.3 Å². The maximum atomic E-state index is 6.05. The molecule has 0 atom stereocenters. The van der Waals surface area contributed by atoms with Gasteiger partial charge in [-0.25, -0.2) is 0 Å². The minimum Gasteiger partial charge on any atom is -0.157 e. The summed E-state index contributed by atoms with van der Waals surface area (Å²) in [7, 11) is 0. The number of benzene rings is 1. The molecule has 0 aliphatic heterocycles. The normalized spacial score (nSPS) is 10.2. The van der Waals surface area contributed by atoms with Crippen molar-refractivity contribution in [2.45, 2.75) is 19.6 Å². The molecule has 0 bridgehead atoms. The number of hydrogen-bond donors (Lipinski definition) is 0. The van der Waals surface area contributed by atoms with E-state index in [1.807, 2.05) is 23.9 Å². The van der Waals surface area contributed by atoms with E-state index < -0.39 is 0 Å². The largest absolute Gasteiger partial charge is 0.157 e. The summed E-state index contributed by atoms with van der Waals surface area (Å²) in [5.74, 6) is 2.17. The van der Waals surface area contributed by atoms with Gasteiger partial charge in [-0.05, 0) is 29.9 Å². The lowest BCUT2D eigenvalue weighted by molar-refractivity contribution is 1.30. The predicted molar refractivity (Wildman–Crippen MR) is 58.0 cm³/mol. The van der Waals surface area contributed by atoms with Crippen molar-refractivity contribution in [3.63, 3.8) is 0 Å². The van der Waals surface area contributed by atoms with Crippen LogP contribution in [0.2, 0.25) is 5.02 Å². The van der Waals surface area contributed by atoms with Gasteiger partial charge in [0.2, 0.25) is 0 Å². The molecule has 0 nitrogen and oxygen atoms in total. The molecule has 0 radical (unpaired) electrons. The summed E-state index contributed by atoms with van der Waals surface area (Å²) in [4.78, 5) is 0. The standard InChI is InChI=1S/C10H13ClS/c1-3-12-7-9-8(2)5-4-6-10(9)11/h4-6H,3,7H2,1-2H3. The molecule has 0 spiro atoms. The van der Waals surface area contributed by atoms with Crippen LogP contribution < -0.4 is 0 Å². The van der Waals surface area contributed by atoms with Gasteiger partial charge in [0.1, 0.15) is 0 Å². The van der Waals surface area contributed by atoms with E-state index in [1.165, 1.54) is 11.1 Å². The molecule has 0 aliphatic rings. The van der Waals surface area contributed by atoms with E-state index in [4.69, 9.17) is 11.6 Å². The second kappa shape index (κ2) is 4.78. The Balaban J connectivity index is 2.81. The second-order valence-electron chi connectivity index (χ2n) is 2.67. The lowest BCUT2D eigenvalue weighted by Crippen LogP contribution is -1.87. The average Bonchev–Trinajstić information content (AvgIpc) is 2.04. The molecule has 0 fully saturated rings. The third kappa shape index (κ3) is 2.43.